The van der Waals surface area contributed by atoms with Gasteiger partial charge in [0, 0.05) is 18.0 Å². The van der Waals surface area contributed by atoms with Crippen molar-refractivity contribution in [2.24, 2.45) is 0 Å². The van der Waals surface area contributed by atoms with E-state index in [1.165, 1.54) is 34.4 Å². The zero-order valence-electron chi connectivity index (χ0n) is 17.9. The maximum absolute atomic E-state index is 13.2. The minimum atomic E-state index is -3.13. The third-order valence-corrected chi connectivity index (χ3v) is 8.30. The molecule has 11 heteroatoms. The molecule has 8 nitrogen and oxygen atoms in total. The maximum atomic E-state index is 13.2. The highest BCUT2D eigenvalue weighted by Gasteiger charge is 2.30. The van der Waals surface area contributed by atoms with Gasteiger partial charge in [-0.2, -0.15) is 5.26 Å². The Bertz CT molecular complexity index is 1200. The molecule has 0 bridgehead atoms. The summed E-state index contributed by atoms with van der Waals surface area (Å²) in [6.07, 6.45) is 0. The van der Waals surface area contributed by atoms with Gasteiger partial charge >= 0.3 is 6.03 Å². The number of rotatable bonds is 3. The molecule has 1 aliphatic rings. The molecule has 0 aliphatic carbocycles. The summed E-state index contributed by atoms with van der Waals surface area (Å²) >= 11 is 7.42. The van der Waals surface area contributed by atoms with Crippen LogP contribution in [0.5, 0.6) is 0 Å². The monoisotopic (exact) mass is 494 g/mol. The van der Waals surface area contributed by atoms with Gasteiger partial charge in [-0.25, -0.2) is 13.2 Å². The number of anilines is 2. The molecule has 2 heterocycles. The summed E-state index contributed by atoms with van der Waals surface area (Å²) in [5.41, 5.74) is 0.758. The first-order valence-corrected chi connectivity index (χ1v) is 12.8. The third-order valence-electron chi connectivity index (χ3n) is 4.91. The van der Waals surface area contributed by atoms with Crippen LogP contribution in [0.4, 0.5) is 15.5 Å². The van der Waals surface area contributed by atoms with Crippen LogP contribution in [0.25, 0.3) is 0 Å². The summed E-state index contributed by atoms with van der Waals surface area (Å²) in [7, 11) is -3.13. The van der Waals surface area contributed by atoms with E-state index in [4.69, 9.17) is 16.9 Å². The average Bonchev–Trinajstić information content (AvgIpc) is 3.13. The van der Waals surface area contributed by atoms with Gasteiger partial charge in [-0.3, -0.25) is 10.1 Å². The van der Waals surface area contributed by atoms with Crippen LogP contribution in [0.1, 0.15) is 41.6 Å². The molecule has 1 saturated heterocycles. The predicted octanol–water partition coefficient (Wildman–Crippen LogP) is 4.09. The highest BCUT2D eigenvalue weighted by Crippen LogP contribution is 2.37. The molecule has 32 heavy (non-hydrogen) atoms. The highest BCUT2D eigenvalue weighted by atomic mass is 35.5. The van der Waals surface area contributed by atoms with E-state index in [1.54, 1.807) is 6.07 Å². The highest BCUT2D eigenvalue weighted by molar-refractivity contribution is 7.91. The van der Waals surface area contributed by atoms with E-state index >= 15 is 0 Å². The van der Waals surface area contributed by atoms with Crippen LogP contribution in [0, 0.1) is 11.3 Å². The lowest BCUT2D eigenvalue weighted by Gasteiger charge is -2.26. The molecule has 1 aliphatic heterocycles. The number of sulfone groups is 1. The largest absolute Gasteiger partial charge is 0.337 e. The Labute approximate surface area is 196 Å². The summed E-state index contributed by atoms with van der Waals surface area (Å²) in [6.45, 7) is 6.24. The topological polar surface area (TPSA) is 119 Å². The number of benzene rings is 1. The normalized spacial score (nSPS) is 15.7. The molecule has 0 radical (unpaired) electrons. The van der Waals surface area contributed by atoms with Crippen molar-refractivity contribution in [3.63, 3.8) is 0 Å². The van der Waals surface area contributed by atoms with Crippen molar-refractivity contribution in [1.82, 2.24) is 4.90 Å². The van der Waals surface area contributed by atoms with Crippen LogP contribution in [-0.2, 0) is 15.3 Å². The standard InChI is InChI=1S/C21H23ClN4O4S2/c1-21(2,3)17-11-14(19(27)26-6-8-32(29,30)9-7-26)18(31-17)25-20(28)24-16-5-4-13(12-23)10-15(16)22/h4-5,10-11H,6-9H2,1-3H3,(H2,24,25,28). The Balaban J connectivity index is 1.84. The Morgan fingerprint density at radius 2 is 1.81 bits per heavy atom. The number of thiophene rings is 1. The van der Waals surface area contributed by atoms with Crippen molar-refractivity contribution in [2.45, 2.75) is 26.2 Å². The molecular weight excluding hydrogens is 472 g/mol. The van der Waals surface area contributed by atoms with Gasteiger partial charge in [0.05, 0.1) is 39.4 Å². The van der Waals surface area contributed by atoms with Crippen LogP contribution >= 0.6 is 22.9 Å². The molecule has 1 fully saturated rings. The lowest BCUT2D eigenvalue weighted by atomic mass is 9.94. The predicted molar refractivity (Wildman–Crippen MR) is 126 cm³/mol. The van der Waals surface area contributed by atoms with E-state index in [1.807, 2.05) is 26.8 Å². The molecule has 2 aromatic rings. The number of hydrogen-bond acceptors (Lipinski definition) is 6. The number of carbonyl (C=O) groups excluding carboxylic acids is 2. The number of carbonyl (C=O) groups is 2. The fraction of sp³-hybridized carbons (Fsp3) is 0.381. The van der Waals surface area contributed by atoms with Gasteiger partial charge in [0.2, 0.25) is 0 Å². The maximum Gasteiger partial charge on any atom is 0.324 e. The summed E-state index contributed by atoms with van der Waals surface area (Å²) in [5.74, 6) is -0.469. The van der Waals surface area contributed by atoms with Gasteiger partial charge in [0.15, 0.2) is 9.84 Å². The molecule has 0 saturated carbocycles. The SMILES string of the molecule is CC(C)(C)c1cc(C(=O)N2CCS(=O)(=O)CC2)c(NC(=O)Nc2ccc(C#N)cc2Cl)s1. The van der Waals surface area contributed by atoms with Gasteiger partial charge in [-0.1, -0.05) is 32.4 Å². The lowest BCUT2D eigenvalue weighted by molar-refractivity contribution is 0.0771. The summed E-state index contributed by atoms with van der Waals surface area (Å²) < 4.78 is 23.4. The first-order chi connectivity index (χ1) is 14.9. The zero-order chi connectivity index (χ0) is 23.7. The molecule has 0 spiro atoms. The van der Waals surface area contributed by atoms with Crippen molar-refractivity contribution < 1.29 is 18.0 Å². The average molecular weight is 495 g/mol. The number of halogens is 1. The Hall–Kier alpha value is -2.61. The number of nitrogens with zero attached hydrogens (tertiary/aromatic N) is 2. The van der Waals surface area contributed by atoms with Gasteiger partial charge in [0.1, 0.15) is 5.00 Å². The van der Waals surface area contributed by atoms with Crippen molar-refractivity contribution in [1.29, 1.82) is 5.26 Å². The molecule has 3 rings (SSSR count). The number of nitriles is 1. The van der Waals surface area contributed by atoms with Crippen LogP contribution < -0.4 is 10.6 Å². The van der Waals surface area contributed by atoms with Crippen molar-refractivity contribution in [2.75, 3.05) is 35.2 Å². The van der Waals surface area contributed by atoms with Crippen LogP contribution in [0.3, 0.4) is 0 Å². The molecular formula is C21H23ClN4O4S2. The Morgan fingerprint density at radius 1 is 1.16 bits per heavy atom. The van der Waals surface area contributed by atoms with Gasteiger partial charge in [0.25, 0.3) is 5.91 Å². The zero-order valence-corrected chi connectivity index (χ0v) is 20.2. The summed E-state index contributed by atoms with van der Waals surface area (Å²) in [4.78, 5) is 28.2. The first kappa shape index (κ1) is 24.0. The van der Waals surface area contributed by atoms with Crippen LogP contribution in [0.15, 0.2) is 24.3 Å². The van der Waals surface area contributed by atoms with E-state index in [0.29, 0.717) is 21.8 Å². The van der Waals surface area contributed by atoms with Crippen LogP contribution in [-0.4, -0.2) is 49.9 Å². The molecule has 2 N–H and O–H groups in total. The second-order valence-corrected chi connectivity index (χ2v) is 12.2. The fourth-order valence-corrected chi connectivity index (χ4v) is 5.57. The molecule has 1 aromatic heterocycles. The second-order valence-electron chi connectivity index (χ2n) is 8.43. The summed E-state index contributed by atoms with van der Waals surface area (Å²) in [6, 6.07) is 7.63. The summed E-state index contributed by atoms with van der Waals surface area (Å²) in [5, 5.41) is 14.9. The third kappa shape index (κ3) is 5.59. The number of urea groups is 1. The number of hydrogen-bond donors (Lipinski definition) is 2. The Morgan fingerprint density at radius 3 is 2.38 bits per heavy atom. The number of nitrogens with one attached hydrogen (secondary N) is 2. The van der Waals surface area contributed by atoms with Crippen LogP contribution in [0.2, 0.25) is 5.02 Å². The number of amides is 3. The molecule has 3 amide bonds. The minimum Gasteiger partial charge on any atom is -0.337 e. The molecule has 0 unspecified atom stereocenters. The molecule has 170 valence electrons. The van der Waals surface area contributed by atoms with Gasteiger partial charge in [-0.05, 0) is 29.7 Å². The quantitative estimate of drug-likeness (QED) is 0.666. The van der Waals surface area contributed by atoms with E-state index in [-0.39, 0.29) is 40.9 Å². The van der Waals surface area contributed by atoms with Gasteiger partial charge in [-0.15, -0.1) is 11.3 Å². The second kappa shape index (κ2) is 9.10. The molecule has 1 aromatic carbocycles. The fourth-order valence-electron chi connectivity index (χ4n) is 3.04. The van der Waals surface area contributed by atoms with E-state index < -0.39 is 15.9 Å². The van der Waals surface area contributed by atoms with E-state index in [2.05, 4.69) is 10.6 Å². The van der Waals surface area contributed by atoms with Crippen molar-refractivity contribution in [3.05, 3.63) is 45.3 Å². The minimum absolute atomic E-state index is 0.0740. The Kier molecular flexibility index (Phi) is 6.83. The van der Waals surface area contributed by atoms with Crippen molar-refractivity contribution >= 4 is 55.4 Å². The molecule has 0 atom stereocenters. The first-order valence-electron chi connectivity index (χ1n) is 9.81. The lowest BCUT2D eigenvalue weighted by Crippen LogP contribution is -2.43. The van der Waals surface area contributed by atoms with Crippen molar-refractivity contribution in [3.8, 4) is 6.07 Å². The van der Waals surface area contributed by atoms with E-state index in [9.17, 15) is 18.0 Å². The smallest absolute Gasteiger partial charge is 0.324 e. The van der Waals surface area contributed by atoms with Gasteiger partial charge < -0.3 is 10.2 Å². The van der Waals surface area contributed by atoms with E-state index in [0.717, 1.165) is 4.88 Å².